The highest BCUT2D eigenvalue weighted by Crippen LogP contribution is 2.02. The number of carbonyl (C=O) groups is 3. The second-order valence-electron chi connectivity index (χ2n) is 3.68. The van der Waals surface area contributed by atoms with Gasteiger partial charge in [0.05, 0.1) is 12.3 Å². The van der Waals surface area contributed by atoms with Gasteiger partial charge in [0.25, 0.3) is 0 Å². The van der Waals surface area contributed by atoms with E-state index in [1.807, 2.05) is 0 Å². The molecular formula is C10H18N2O4. The molecular weight excluding hydrogens is 212 g/mol. The molecule has 0 aromatic rings. The number of carbonyl (C=O) groups excluding carboxylic acids is 2. The quantitative estimate of drug-likeness (QED) is 0.655. The lowest BCUT2D eigenvalue weighted by molar-refractivity contribution is -0.141. The van der Waals surface area contributed by atoms with Crippen LogP contribution in [0.4, 0.5) is 0 Å². The Hall–Kier alpha value is -1.59. The lowest BCUT2D eigenvalue weighted by Gasteiger charge is -2.20. The molecule has 0 spiro atoms. The van der Waals surface area contributed by atoms with Crippen molar-refractivity contribution in [3.8, 4) is 0 Å². The summed E-state index contributed by atoms with van der Waals surface area (Å²) in [5.74, 6) is -1.71. The van der Waals surface area contributed by atoms with Crippen molar-refractivity contribution in [1.29, 1.82) is 0 Å². The number of carboxylic acids is 1. The van der Waals surface area contributed by atoms with Crippen molar-refractivity contribution in [3.05, 3.63) is 0 Å². The summed E-state index contributed by atoms with van der Waals surface area (Å²) < 4.78 is 0. The van der Waals surface area contributed by atoms with Gasteiger partial charge in [0.2, 0.25) is 11.8 Å². The molecule has 0 aliphatic rings. The van der Waals surface area contributed by atoms with E-state index in [0.717, 1.165) is 0 Å². The van der Waals surface area contributed by atoms with Crippen LogP contribution in [0.5, 0.6) is 0 Å². The minimum atomic E-state index is -0.999. The number of carboxylic acid groups (broad SMARTS) is 1. The first-order chi connectivity index (χ1) is 7.38. The molecule has 0 bridgehead atoms. The maximum Gasteiger partial charge on any atom is 0.303 e. The third-order valence-corrected chi connectivity index (χ3v) is 2.22. The first-order valence-corrected chi connectivity index (χ1v) is 5.05. The Bertz CT molecular complexity index is 278. The number of aliphatic carboxylic acids is 1. The molecule has 6 nitrogen and oxygen atoms in total. The van der Waals surface area contributed by atoms with Crippen LogP contribution in [-0.2, 0) is 14.4 Å². The molecule has 0 fully saturated rings. The van der Waals surface area contributed by atoms with Gasteiger partial charge in [-0.3, -0.25) is 14.4 Å². The van der Waals surface area contributed by atoms with E-state index in [9.17, 15) is 14.4 Å². The van der Waals surface area contributed by atoms with Crippen molar-refractivity contribution in [2.75, 3.05) is 20.6 Å². The minimum absolute atomic E-state index is 0.0354. The molecule has 0 radical (unpaired) electrons. The van der Waals surface area contributed by atoms with Crippen molar-refractivity contribution in [1.82, 2.24) is 10.2 Å². The van der Waals surface area contributed by atoms with Gasteiger partial charge in [0.1, 0.15) is 0 Å². The molecule has 6 heteroatoms. The van der Waals surface area contributed by atoms with Crippen LogP contribution in [0.3, 0.4) is 0 Å². The highest BCUT2D eigenvalue weighted by atomic mass is 16.4. The molecule has 1 atom stereocenters. The standard InChI is InChI=1S/C10H18N2O4/c1-7(10(16)11-2)6-12(3)8(13)4-5-9(14)15/h7H,4-6H2,1-3H3,(H,11,16)(H,14,15). The Kier molecular flexibility index (Phi) is 6.14. The van der Waals surface area contributed by atoms with Crippen LogP contribution in [0.2, 0.25) is 0 Å². The summed E-state index contributed by atoms with van der Waals surface area (Å²) in [5, 5.41) is 10.9. The third kappa shape index (κ3) is 5.33. The van der Waals surface area contributed by atoms with Gasteiger partial charge in [0, 0.05) is 27.1 Å². The Labute approximate surface area is 94.6 Å². The van der Waals surface area contributed by atoms with Gasteiger partial charge in [-0.15, -0.1) is 0 Å². The summed E-state index contributed by atoms with van der Waals surface area (Å²) in [6.45, 7) is 2.00. The average molecular weight is 230 g/mol. The summed E-state index contributed by atoms with van der Waals surface area (Å²) in [7, 11) is 3.09. The van der Waals surface area contributed by atoms with Gasteiger partial charge >= 0.3 is 5.97 Å². The monoisotopic (exact) mass is 230 g/mol. The zero-order valence-corrected chi connectivity index (χ0v) is 9.82. The molecule has 0 saturated heterocycles. The fourth-order valence-electron chi connectivity index (χ4n) is 1.25. The molecule has 92 valence electrons. The van der Waals surface area contributed by atoms with Crippen molar-refractivity contribution < 1.29 is 19.5 Å². The van der Waals surface area contributed by atoms with E-state index >= 15 is 0 Å². The van der Waals surface area contributed by atoms with Crippen LogP contribution in [0, 0.1) is 5.92 Å². The van der Waals surface area contributed by atoms with E-state index in [4.69, 9.17) is 5.11 Å². The van der Waals surface area contributed by atoms with E-state index in [-0.39, 0.29) is 37.1 Å². The van der Waals surface area contributed by atoms with Crippen LogP contribution in [0.25, 0.3) is 0 Å². The maximum absolute atomic E-state index is 11.4. The first-order valence-electron chi connectivity index (χ1n) is 5.05. The number of nitrogens with one attached hydrogen (secondary N) is 1. The maximum atomic E-state index is 11.4. The van der Waals surface area contributed by atoms with Crippen LogP contribution < -0.4 is 5.32 Å². The first kappa shape index (κ1) is 14.4. The smallest absolute Gasteiger partial charge is 0.303 e. The Morgan fingerprint density at radius 2 is 1.88 bits per heavy atom. The van der Waals surface area contributed by atoms with Gasteiger partial charge in [-0.2, -0.15) is 0 Å². The summed E-state index contributed by atoms with van der Waals surface area (Å²) in [6.07, 6.45) is -0.218. The molecule has 0 aliphatic carbocycles. The van der Waals surface area contributed by atoms with Gasteiger partial charge in [-0.25, -0.2) is 0 Å². The molecule has 2 N–H and O–H groups in total. The van der Waals surface area contributed by atoms with Crippen LogP contribution in [0.15, 0.2) is 0 Å². The SMILES string of the molecule is CNC(=O)C(C)CN(C)C(=O)CCC(=O)O. The third-order valence-electron chi connectivity index (χ3n) is 2.22. The van der Waals surface area contributed by atoms with Crippen LogP contribution >= 0.6 is 0 Å². The molecule has 0 heterocycles. The lowest BCUT2D eigenvalue weighted by Crippen LogP contribution is -2.37. The van der Waals surface area contributed by atoms with Gasteiger partial charge in [0.15, 0.2) is 0 Å². The van der Waals surface area contributed by atoms with Crippen molar-refractivity contribution >= 4 is 17.8 Å². The molecule has 0 aromatic carbocycles. The second kappa shape index (κ2) is 6.81. The van der Waals surface area contributed by atoms with Crippen molar-refractivity contribution in [2.24, 2.45) is 5.92 Å². The van der Waals surface area contributed by atoms with Gasteiger partial charge < -0.3 is 15.3 Å². The molecule has 0 rings (SSSR count). The molecule has 16 heavy (non-hydrogen) atoms. The zero-order valence-electron chi connectivity index (χ0n) is 9.82. The van der Waals surface area contributed by atoms with E-state index in [1.54, 1.807) is 14.0 Å². The molecule has 0 aliphatic heterocycles. The highest BCUT2D eigenvalue weighted by Gasteiger charge is 2.17. The Morgan fingerprint density at radius 3 is 2.31 bits per heavy atom. The van der Waals surface area contributed by atoms with E-state index < -0.39 is 5.97 Å². The predicted molar refractivity (Wildman–Crippen MR) is 57.7 cm³/mol. The fourth-order valence-corrected chi connectivity index (χ4v) is 1.25. The largest absolute Gasteiger partial charge is 0.481 e. The second-order valence-corrected chi connectivity index (χ2v) is 3.68. The summed E-state index contributed by atoms with van der Waals surface area (Å²) >= 11 is 0. The number of rotatable bonds is 6. The number of nitrogens with zero attached hydrogens (tertiary/aromatic N) is 1. The lowest BCUT2D eigenvalue weighted by atomic mass is 10.1. The van der Waals surface area contributed by atoms with Gasteiger partial charge in [-0.05, 0) is 0 Å². The summed E-state index contributed by atoms with van der Waals surface area (Å²) in [6, 6.07) is 0. The number of hydrogen-bond donors (Lipinski definition) is 2. The van der Waals surface area contributed by atoms with E-state index in [0.29, 0.717) is 0 Å². The van der Waals surface area contributed by atoms with Crippen LogP contribution in [-0.4, -0.2) is 48.4 Å². The normalized spacial score (nSPS) is 11.7. The van der Waals surface area contributed by atoms with Gasteiger partial charge in [-0.1, -0.05) is 6.92 Å². The minimum Gasteiger partial charge on any atom is -0.481 e. The topological polar surface area (TPSA) is 86.7 Å². The Balaban J connectivity index is 4.04. The molecule has 1 unspecified atom stereocenters. The molecule has 2 amide bonds. The number of amides is 2. The van der Waals surface area contributed by atoms with Crippen molar-refractivity contribution in [3.63, 3.8) is 0 Å². The highest BCUT2D eigenvalue weighted by molar-refractivity contribution is 5.82. The molecule has 0 saturated carbocycles. The van der Waals surface area contributed by atoms with Crippen LogP contribution in [0.1, 0.15) is 19.8 Å². The summed E-state index contributed by atoms with van der Waals surface area (Å²) in [4.78, 5) is 34.3. The summed E-state index contributed by atoms with van der Waals surface area (Å²) in [5.41, 5.74) is 0. The van der Waals surface area contributed by atoms with E-state index in [2.05, 4.69) is 5.32 Å². The molecule has 0 aromatic heterocycles. The predicted octanol–water partition coefficient (Wildman–Crippen LogP) is -0.308. The number of hydrogen-bond acceptors (Lipinski definition) is 3. The van der Waals surface area contributed by atoms with Crippen molar-refractivity contribution in [2.45, 2.75) is 19.8 Å². The average Bonchev–Trinajstić information content (AvgIpc) is 2.24. The zero-order chi connectivity index (χ0) is 12.7. The Morgan fingerprint density at radius 1 is 1.31 bits per heavy atom. The van der Waals surface area contributed by atoms with E-state index in [1.165, 1.54) is 11.9 Å². The fraction of sp³-hybridized carbons (Fsp3) is 0.700.